The molecule has 0 aliphatic rings. The van der Waals surface area contributed by atoms with Crippen LogP contribution < -0.4 is 4.72 Å². The van der Waals surface area contributed by atoms with Crippen molar-refractivity contribution in [3.05, 3.63) is 62.1 Å². The summed E-state index contributed by atoms with van der Waals surface area (Å²) < 4.78 is 27.0. The number of rotatable bonds is 7. The Morgan fingerprint density at radius 2 is 1.62 bits per heavy atom. The van der Waals surface area contributed by atoms with Gasteiger partial charge < -0.3 is 0 Å². The molecule has 0 amide bonds. The predicted molar refractivity (Wildman–Crippen MR) is 104 cm³/mol. The first kappa shape index (κ1) is 20.2. The summed E-state index contributed by atoms with van der Waals surface area (Å²) in [6, 6.07) is 9.75. The zero-order valence-electron chi connectivity index (χ0n) is 12.2. The van der Waals surface area contributed by atoms with E-state index in [-0.39, 0.29) is 16.5 Å². The highest BCUT2D eigenvalue weighted by Gasteiger charge is 2.17. The Kier molecular flexibility index (Phi) is 7.56. The van der Waals surface area contributed by atoms with Crippen LogP contribution in [-0.4, -0.2) is 20.7 Å². The van der Waals surface area contributed by atoms with Crippen molar-refractivity contribution in [3.63, 3.8) is 0 Å². The lowest BCUT2D eigenvalue weighted by atomic mass is 10.2. The Morgan fingerprint density at radius 1 is 0.917 bits per heavy atom. The van der Waals surface area contributed by atoms with Crippen LogP contribution in [0, 0.1) is 0 Å². The minimum Gasteiger partial charge on any atom is -0.210 e. The average Bonchev–Trinajstić information content (AvgIpc) is 2.52. The quantitative estimate of drug-likeness (QED) is 0.572. The normalized spacial score (nSPS) is 11.7. The summed E-state index contributed by atoms with van der Waals surface area (Å²) in [6.45, 7) is 0.275. The molecule has 1 N–H and O–H groups in total. The minimum atomic E-state index is -3.69. The molecule has 0 saturated heterocycles. The molecule has 0 heterocycles. The SMILES string of the molecule is O=S(=O)(NCCSCc1ccc(Cl)c(Cl)c1)c1cc(Cl)ccc1Cl. The fourth-order valence-electron chi connectivity index (χ4n) is 1.83. The summed E-state index contributed by atoms with van der Waals surface area (Å²) in [4.78, 5) is -0.0221. The van der Waals surface area contributed by atoms with Crippen LogP contribution in [0.3, 0.4) is 0 Å². The molecule has 2 aromatic rings. The van der Waals surface area contributed by atoms with E-state index in [9.17, 15) is 8.42 Å². The summed E-state index contributed by atoms with van der Waals surface area (Å²) in [6.07, 6.45) is 0. The first-order chi connectivity index (χ1) is 11.3. The van der Waals surface area contributed by atoms with Crippen LogP contribution in [0.1, 0.15) is 5.56 Å². The molecule has 0 aromatic heterocycles. The zero-order valence-corrected chi connectivity index (χ0v) is 16.9. The lowest BCUT2D eigenvalue weighted by molar-refractivity contribution is 0.584. The highest BCUT2D eigenvalue weighted by Crippen LogP contribution is 2.26. The second-order valence-corrected chi connectivity index (χ2v) is 9.27. The third-order valence-electron chi connectivity index (χ3n) is 2.97. The Hall–Kier alpha value is -0.140. The van der Waals surface area contributed by atoms with Crippen molar-refractivity contribution in [2.45, 2.75) is 10.6 Å². The summed E-state index contributed by atoms with van der Waals surface area (Å²) in [5.41, 5.74) is 1.02. The van der Waals surface area contributed by atoms with Gasteiger partial charge in [0.15, 0.2) is 0 Å². The molecule has 0 bridgehead atoms. The van der Waals surface area contributed by atoms with Gasteiger partial charge in [-0.2, -0.15) is 11.8 Å². The molecule has 130 valence electrons. The fraction of sp³-hybridized carbons (Fsp3) is 0.200. The Labute approximate surface area is 165 Å². The number of hydrogen-bond acceptors (Lipinski definition) is 3. The Bertz CT molecular complexity index is 828. The maximum Gasteiger partial charge on any atom is 0.242 e. The van der Waals surface area contributed by atoms with Crippen molar-refractivity contribution in [2.24, 2.45) is 0 Å². The van der Waals surface area contributed by atoms with E-state index in [0.29, 0.717) is 26.6 Å². The molecule has 0 radical (unpaired) electrons. The van der Waals surface area contributed by atoms with E-state index in [1.54, 1.807) is 23.9 Å². The van der Waals surface area contributed by atoms with E-state index >= 15 is 0 Å². The molecule has 3 nitrogen and oxygen atoms in total. The number of sulfonamides is 1. The minimum absolute atomic E-state index is 0.0221. The van der Waals surface area contributed by atoms with Crippen LogP contribution >= 0.6 is 58.2 Å². The van der Waals surface area contributed by atoms with Gasteiger partial charge in [0.1, 0.15) is 4.90 Å². The number of thioether (sulfide) groups is 1. The molecule has 2 aromatic carbocycles. The van der Waals surface area contributed by atoms with Gasteiger partial charge in [-0.25, -0.2) is 13.1 Å². The topological polar surface area (TPSA) is 46.2 Å². The van der Waals surface area contributed by atoms with Crippen LogP contribution in [0.25, 0.3) is 0 Å². The molecule has 0 aliphatic carbocycles. The second kappa shape index (κ2) is 8.99. The van der Waals surface area contributed by atoms with Crippen molar-refractivity contribution in [3.8, 4) is 0 Å². The van der Waals surface area contributed by atoms with Crippen LogP contribution in [0.4, 0.5) is 0 Å². The lowest BCUT2D eigenvalue weighted by Gasteiger charge is -2.09. The van der Waals surface area contributed by atoms with Crippen molar-refractivity contribution >= 4 is 68.2 Å². The van der Waals surface area contributed by atoms with Crippen molar-refractivity contribution < 1.29 is 8.42 Å². The van der Waals surface area contributed by atoms with Crippen molar-refractivity contribution in [2.75, 3.05) is 12.3 Å². The van der Waals surface area contributed by atoms with Gasteiger partial charge in [-0.1, -0.05) is 52.5 Å². The van der Waals surface area contributed by atoms with Gasteiger partial charge in [-0.15, -0.1) is 0 Å². The lowest BCUT2D eigenvalue weighted by Crippen LogP contribution is -2.26. The molecule has 0 aliphatic heterocycles. The Balaban J connectivity index is 1.85. The van der Waals surface area contributed by atoms with Crippen LogP contribution in [0.15, 0.2) is 41.3 Å². The number of hydrogen-bond donors (Lipinski definition) is 1. The van der Waals surface area contributed by atoms with Gasteiger partial charge in [-0.3, -0.25) is 0 Å². The maximum absolute atomic E-state index is 12.2. The molecule has 0 saturated carbocycles. The van der Waals surface area contributed by atoms with Crippen molar-refractivity contribution in [1.29, 1.82) is 0 Å². The summed E-state index contributed by atoms with van der Waals surface area (Å²) in [7, 11) is -3.69. The molecular formula is C15H13Cl4NO2S2. The first-order valence-corrected chi connectivity index (χ1v) is 10.9. The molecule has 9 heteroatoms. The fourth-order valence-corrected chi connectivity index (χ4v) is 4.88. The molecular weight excluding hydrogens is 432 g/mol. The van der Waals surface area contributed by atoms with E-state index in [0.717, 1.165) is 5.56 Å². The van der Waals surface area contributed by atoms with Gasteiger partial charge in [0, 0.05) is 23.1 Å². The van der Waals surface area contributed by atoms with Gasteiger partial charge in [-0.05, 0) is 35.9 Å². The largest absolute Gasteiger partial charge is 0.242 e. The summed E-state index contributed by atoms with van der Waals surface area (Å²) in [5.74, 6) is 1.30. The van der Waals surface area contributed by atoms with Gasteiger partial charge in [0.25, 0.3) is 0 Å². The molecule has 0 atom stereocenters. The average molecular weight is 445 g/mol. The van der Waals surface area contributed by atoms with Gasteiger partial charge in [0.2, 0.25) is 10.0 Å². The van der Waals surface area contributed by atoms with E-state index in [2.05, 4.69) is 4.72 Å². The highest BCUT2D eigenvalue weighted by molar-refractivity contribution is 7.98. The first-order valence-electron chi connectivity index (χ1n) is 6.76. The number of halogens is 4. The monoisotopic (exact) mass is 443 g/mol. The van der Waals surface area contributed by atoms with E-state index in [1.807, 2.05) is 6.07 Å². The van der Waals surface area contributed by atoms with Crippen molar-refractivity contribution in [1.82, 2.24) is 4.72 Å². The maximum atomic E-state index is 12.2. The van der Waals surface area contributed by atoms with E-state index in [4.69, 9.17) is 46.4 Å². The number of nitrogens with one attached hydrogen (secondary N) is 1. The molecule has 2 rings (SSSR count). The third-order valence-corrected chi connectivity index (χ3v) is 6.92. The zero-order chi connectivity index (χ0) is 17.7. The molecule has 0 spiro atoms. The second-order valence-electron chi connectivity index (χ2n) is 4.77. The molecule has 0 fully saturated rings. The standard InChI is InChI=1S/C15H13Cl4NO2S2/c16-11-2-4-13(18)15(8-11)24(21,22)20-5-6-23-9-10-1-3-12(17)14(19)7-10/h1-4,7-8,20H,5-6,9H2. The molecule has 24 heavy (non-hydrogen) atoms. The van der Waals surface area contributed by atoms with Crippen LogP contribution in [0.5, 0.6) is 0 Å². The van der Waals surface area contributed by atoms with E-state index in [1.165, 1.54) is 18.2 Å². The summed E-state index contributed by atoms with van der Waals surface area (Å²) >= 11 is 25.1. The predicted octanol–water partition coefficient (Wildman–Crippen LogP) is 5.51. The summed E-state index contributed by atoms with van der Waals surface area (Å²) in [5, 5.41) is 1.46. The highest BCUT2D eigenvalue weighted by atomic mass is 35.5. The molecule has 0 unspecified atom stereocenters. The van der Waals surface area contributed by atoms with Gasteiger partial charge >= 0.3 is 0 Å². The Morgan fingerprint density at radius 3 is 2.33 bits per heavy atom. The third kappa shape index (κ3) is 5.70. The van der Waals surface area contributed by atoms with Crippen LogP contribution in [0.2, 0.25) is 20.1 Å². The van der Waals surface area contributed by atoms with E-state index < -0.39 is 10.0 Å². The van der Waals surface area contributed by atoms with Crippen LogP contribution in [-0.2, 0) is 15.8 Å². The number of benzene rings is 2. The smallest absolute Gasteiger partial charge is 0.210 e. The van der Waals surface area contributed by atoms with Gasteiger partial charge in [0.05, 0.1) is 15.1 Å².